The van der Waals surface area contributed by atoms with Gasteiger partial charge >= 0.3 is 0 Å². The summed E-state index contributed by atoms with van der Waals surface area (Å²) in [6.45, 7) is 10.1. The Morgan fingerprint density at radius 2 is 1.59 bits per heavy atom. The molecule has 0 radical (unpaired) electrons. The number of amides is 2. The molecule has 0 saturated heterocycles. The van der Waals surface area contributed by atoms with Crippen molar-refractivity contribution in [2.24, 2.45) is 0 Å². The third-order valence-electron chi connectivity index (χ3n) is 5.44. The van der Waals surface area contributed by atoms with Gasteiger partial charge in [0.1, 0.15) is 0 Å². The van der Waals surface area contributed by atoms with Crippen LogP contribution in [0.2, 0.25) is 0 Å². The van der Waals surface area contributed by atoms with Crippen LogP contribution >= 0.6 is 0 Å². The van der Waals surface area contributed by atoms with Gasteiger partial charge in [-0.1, -0.05) is 51.3 Å². The van der Waals surface area contributed by atoms with Crippen molar-refractivity contribution in [3.63, 3.8) is 0 Å². The highest BCUT2D eigenvalue weighted by molar-refractivity contribution is 5.92. The molecule has 2 amide bonds. The Bertz CT molecular complexity index is 613. The monoisotopic (exact) mass is 373 g/mol. The highest BCUT2D eigenvalue weighted by Gasteiger charge is 2.21. The van der Waals surface area contributed by atoms with Gasteiger partial charge in [-0.05, 0) is 37.6 Å². The van der Waals surface area contributed by atoms with E-state index in [1.165, 1.54) is 0 Å². The van der Waals surface area contributed by atoms with E-state index in [1.54, 1.807) is 6.92 Å². The molecule has 0 saturated carbocycles. The molecule has 1 aliphatic heterocycles. The molecule has 27 heavy (non-hydrogen) atoms. The lowest BCUT2D eigenvalue weighted by Crippen LogP contribution is -2.41. The fourth-order valence-corrected chi connectivity index (χ4v) is 3.69. The van der Waals surface area contributed by atoms with Crippen LogP contribution in [0.3, 0.4) is 0 Å². The smallest absolute Gasteiger partial charge is 0.237 e. The van der Waals surface area contributed by atoms with Crippen molar-refractivity contribution < 1.29 is 9.59 Å². The van der Waals surface area contributed by atoms with Crippen molar-refractivity contribution in [2.45, 2.75) is 59.4 Å². The van der Waals surface area contributed by atoms with E-state index in [-0.39, 0.29) is 11.8 Å². The maximum atomic E-state index is 13.0. The van der Waals surface area contributed by atoms with E-state index in [2.05, 4.69) is 24.8 Å². The predicted molar refractivity (Wildman–Crippen MR) is 111 cm³/mol. The quantitative estimate of drug-likeness (QED) is 0.809. The Morgan fingerprint density at radius 3 is 2.26 bits per heavy atom. The van der Waals surface area contributed by atoms with Crippen LogP contribution in [0.4, 0.5) is 5.69 Å². The number of carbonyl (C=O) groups is 2. The highest BCUT2D eigenvalue weighted by Crippen LogP contribution is 2.24. The molecule has 0 fully saturated rings. The second kappa shape index (κ2) is 11.1. The molecular formula is C22H35N3O2. The SMILES string of the molecule is CCN(CC)CC(=O)N1CCCCCCCN(C(C)=O)c2ccccc2C1. The third-order valence-corrected chi connectivity index (χ3v) is 5.44. The average Bonchev–Trinajstić information content (AvgIpc) is 2.66. The van der Waals surface area contributed by atoms with Crippen molar-refractivity contribution >= 4 is 17.5 Å². The van der Waals surface area contributed by atoms with E-state index in [0.717, 1.165) is 69.5 Å². The minimum Gasteiger partial charge on any atom is -0.337 e. The van der Waals surface area contributed by atoms with Crippen molar-refractivity contribution in [1.82, 2.24) is 9.80 Å². The van der Waals surface area contributed by atoms with Gasteiger partial charge in [0.25, 0.3) is 0 Å². The molecule has 5 heteroatoms. The van der Waals surface area contributed by atoms with Gasteiger partial charge in [0, 0.05) is 32.2 Å². The second-order valence-electron chi connectivity index (χ2n) is 7.34. The molecule has 1 aromatic carbocycles. The number of rotatable bonds is 4. The van der Waals surface area contributed by atoms with E-state index < -0.39 is 0 Å². The van der Waals surface area contributed by atoms with Gasteiger partial charge in [0.15, 0.2) is 0 Å². The van der Waals surface area contributed by atoms with Gasteiger partial charge in [-0.2, -0.15) is 0 Å². The Morgan fingerprint density at radius 1 is 0.963 bits per heavy atom. The largest absolute Gasteiger partial charge is 0.337 e. The normalized spacial score (nSPS) is 16.4. The van der Waals surface area contributed by atoms with E-state index in [9.17, 15) is 9.59 Å². The topological polar surface area (TPSA) is 43.9 Å². The molecule has 0 bridgehead atoms. The van der Waals surface area contributed by atoms with Gasteiger partial charge in [-0.3, -0.25) is 14.5 Å². The molecule has 1 heterocycles. The molecule has 0 unspecified atom stereocenters. The molecule has 0 aromatic heterocycles. The molecule has 1 aromatic rings. The fraction of sp³-hybridized carbons (Fsp3) is 0.636. The Labute approximate surface area is 164 Å². The summed E-state index contributed by atoms with van der Waals surface area (Å²) in [7, 11) is 0. The lowest BCUT2D eigenvalue weighted by atomic mass is 10.1. The molecule has 1 aliphatic rings. The minimum absolute atomic E-state index is 0.0699. The zero-order valence-corrected chi connectivity index (χ0v) is 17.2. The third kappa shape index (κ3) is 6.35. The first-order valence-corrected chi connectivity index (χ1v) is 10.4. The molecule has 0 spiro atoms. The van der Waals surface area contributed by atoms with Crippen LogP contribution in [-0.4, -0.2) is 54.3 Å². The van der Waals surface area contributed by atoms with Crippen molar-refractivity contribution in [3.05, 3.63) is 29.8 Å². The number of para-hydroxylation sites is 1. The number of nitrogens with zero attached hydrogens (tertiary/aromatic N) is 3. The molecular weight excluding hydrogens is 338 g/mol. The molecule has 5 nitrogen and oxygen atoms in total. The van der Waals surface area contributed by atoms with E-state index in [4.69, 9.17) is 0 Å². The van der Waals surface area contributed by atoms with Crippen LogP contribution in [0.1, 0.15) is 58.4 Å². The zero-order chi connectivity index (χ0) is 19.6. The average molecular weight is 374 g/mol. The van der Waals surface area contributed by atoms with E-state index in [0.29, 0.717) is 13.1 Å². The molecule has 0 atom stereocenters. The number of fused-ring (bicyclic) bond motifs is 1. The molecule has 2 rings (SSSR count). The van der Waals surface area contributed by atoms with E-state index >= 15 is 0 Å². The lowest BCUT2D eigenvalue weighted by Gasteiger charge is -2.30. The number of anilines is 1. The number of hydrogen-bond acceptors (Lipinski definition) is 3. The fourth-order valence-electron chi connectivity index (χ4n) is 3.69. The Kier molecular flexibility index (Phi) is 8.79. The maximum Gasteiger partial charge on any atom is 0.237 e. The first-order chi connectivity index (χ1) is 13.1. The summed E-state index contributed by atoms with van der Waals surface area (Å²) in [5.41, 5.74) is 2.01. The van der Waals surface area contributed by atoms with Crippen LogP contribution in [0, 0.1) is 0 Å². The number of hydrogen-bond donors (Lipinski definition) is 0. The van der Waals surface area contributed by atoms with Gasteiger partial charge in [-0.15, -0.1) is 0 Å². The standard InChI is InChI=1S/C22H35N3O2/c1-4-23(5-2)18-22(27)24-15-11-7-6-8-12-16-25(19(3)26)21-14-10-9-13-20(21)17-24/h9-10,13-14H,4-8,11-12,15-18H2,1-3H3. The van der Waals surface area contributed by atoms with Gasteiger partial charge in [-0.25, -0.2) is 0 Å². The van der Waals surface area contributed by atoms with Crippen LogP contribution < -0.4 is 4.90 Å². The van der Waals surface area contributed by atoms with Crippen LogP contribution in [0.5, 0.6) is 0 Å². The first-order valence-electron chi connectivity index (χ1n) is 10.4. The summed E-state index contributed by atoms with van der Waals surface area (Å²) in [5, 5.41) is 0. The van der Waals surface area contributed by atoms with E-state index in [1.807, 2.05) is 28.0 Å². The van der Waals surface area contributed by atoms with Gasteiger partial charge in [0.2, 0.25) is 11.8 Å². The number of carbonyl (C=O) groups excluding carboxylic acids is 2. The van der Waals surface area contributed by atoms with Crippen molar-refractivity contribution in [3.8, 4) is 0 Å². The molecule has 0 N–H and O–H groups in total. The number of likely N-dealkylation sites (N-methyl/N-ethyl adjacent to an activating group) is 1. The summed E-state index contributed by atoms with van der Waals surface area (Å²) < 4.78 is 0. The Balaban J connectivity index is 2.27. The second-order valence-corrected chi connectivity index (χ2v) is 7.34. The maximum absolute atomic E-state index is 13.0. The summed E-state index contributed by atoms with van der Waals surface area (Å²) in [6.07, 6.45) is 5.49. The summed E-state index contributed by atoms with van der Waals surface area (Å²) >= 11 is 0. The summed E-state index contributed by atoms with van der Waals surface area (Å²) in [5.74, 6) is 0.250. The Hall–Kier alpha value is -1.88. The zero-order valence-electron chi connectivity index (χ0n) is 17.2. The van der Waals surface area contributed by atoms with Crippen molar-refractivity contribution in [1.29, 1.82) is 0 Å². The van der Waals surface area contributed by atoms with Crippen LogP contribution in [-0.2, 0) is 16.1 Å². The predicted octanol–water partition coefficient (Wildman–Crippen LogP) is 3.67. The van der Waals surface area contributed by atoms with Crippen molar-refractivity contribution in [2.75, 3.05) is 37.6 Å². The van der Waals surface area contributed by atoms with Crippen LogP contribution in [0.25, 0.3) is 0 Å². The number of benzene rings is 1. The molecule has 0 aliphatic carbocycles. The lowest BCUT2D eigenvalue weighted by molar-refractivity contribution is -0.133. The first kappa shape index (κ1) is 21.4. The van der Waals surface area contributed by atoms with Gasteiger partial charge < -0.3 is 9.80 Å². The minimum atomic E-state index is 0.0699. The highest BCUT2D eigenvalue weighted by atomic mass is 16.2. The van der Waals surface area contributed by atoms with Crippen LogP contribution in [0.15, 0.2) is 24.3 Å². The summed E-state index contributed by atoms with van der Waals surface area (Å²) in [6, 6.07) is 8.03. The molecule has 150 valence electrons. The summed E-state index contributed by atoms with van der Waals surface area (Å²) in [4.78, 5) is 31.2. The van der Waals surface area contributed by atoms with Gasteiger partial charge in [0.05, 0.1) is 6.54 Å².